The molecule has 2 aromatic carbocycles. The van der Waals surface area contributed by atoms with Crippen molar-refractivity contribution in [2.24, 2.45) is 5.92 Å². The van der Waals surface area contributed by atoms with Gasteiger partial charge in [0.25, 0.3) is 0 Å². The summed E-state index contributed by atoms with van der Waals surface area (Å²) in [6, 6.07) is 19.4. The van der Waals surface area contributed by atoms with Crippen molar-refractivity contribution in [3.05, 3.63) is 71.8 Å². The van der Waals surface area contributed by atoms with E-state index in [1.54, 1.807) is 11.9 Å². The molecule has 6 heteroatoms. The van der Waals surface area contributed by atoms with Gasteiger partial charge in [0.05, 0.1) is 19.1 Å². The molecule has 1 aliphatic rings. The van der Waals surface area contributed by atoms with Crippen LogP contribution in [0.25, 0.3) is 0 Å². The van der Waals surface area contributed by atoms with E-state index in [0.717, 1.165) is 44.0 Å². The number of likely N-dealkylation sites (N-methyl/N-ethyl adjacent to an activating group) is 1. The van der Waals surface area contributed by atoms with E-state index in [9.17, 15) is 9.59 Å². The highest BCUT2D eigenvalue weighted by Crippen LogP contribution is 2.17. The number of esters is 1. The zero-order valence-corrected chi connectivity index (χ0v) is 18.2. The molecule has 3 rings (SSSR count). The second-order valence-electron chi connectivity index (χ2n) is 7.95. The van der Waals surface area contributed by atoms with Crippen LogP contribution in [0.4, 0.5) is 0 Å². The van der Waals surface area contributed by atoms with Gasteiger partial charge in [-0.2, -0.15) is 0 Å². The second kappa shape index (κ2) is 12.2. The van der Waals surface area contributed by atoms with Crippen LogP contribution in [0.5, 0.6) is 0 Å². The van der Waals surface area contributed by atoms with Crippen molar-refractivity contribution in [3.63, 3.8) is 0 Å². The van der Waals surface area contributed by atoms with Crippen LogP contribution in [0.2, 0.25) is 0 Å². The van der Waals surface area contributed by atoms with Crippen molar-refractivity contribution >= 4 is 11.9 Å². The van der Waals surface area contributed by atoms with E-state index in [4.69, 9.17) is 9.47 Å². The minimum absolute atomic E-state index is 0.0362. The summed E-state index contributed by atoms with van der Waals surface area (Å²) in [4.78, 5) is 29.8. The number of hydrogen-bond donors (Lipinski definition) is 0. The Bertz CT molecular complexity index is 807. The zero-order valence-electron chi connectivity index (χ0n) is 18.2. The van der Waals surface area contributed by atoms with Gasteiger partial charge in [0, 0.05) is 39.6 Å². The highest BCUT2D eigenvalue weighted by Gasteiger charge is 2.26. The van der Waals surface area contributed by atoms with Gasteiger partial charge in [-0.3, -0.25) is 14.5 Å². The lowest BCUT2D eigenvalue weighted by Crippen LogP contribution is -2.42. The van der Waals surface area contributed by atoms with Crippen LogP contribution < -0.4 is 0 Å². The van der Waals surface area contributed by atoms with Gasteiger partial charge in [-0.15, -0.1) is 0 Å². The van der Waals surface area contributed by atoms with E-state index in [1.165, 1.54) is 0 Å². The topological polar surface area (TPSA) is 59.1 Å². The van der Waals surface area contributed by atoms with Gasteiger partial charge in [-0.25, -0.2) is 0 Å². The van der Waals surface area contributed by atoms with Crippen LogP contribution in [0.3, 0.4) is 0 Å². The third-order valence-electron chi connectivity index (χ3n) is 5.58. The number of carbonyl (C=O) groups is 2. The molecule has 1 atom stereocenters. The van der Waals surface area contributed by atoms with E-state index in [1.807, 2.05) is 60.7 Å². The summed E-state index contributed by atoms with van der Waals surface area (Å²) in [7, 11) is 1.80. The third kappa shape index (κ3) is 7.81. The number of benzene rings is 2. The molecule has 0 radical (unpaired) electrons. The highest BCUT2D eigenvalue weighted by molar-refractivity contribution is 5.83. The number of nitrogens with zero attached hydrogens (tertiary/aromatic N) is 2. The SMILES string of the molecule is CN(CCN1CCOCC1)C(=O)CC(Cc1ccccc1)C(=O)OCc1ccccc1. The Hall–Kier alpha value is -2.70. The van der Waals surface area contributed by atoms with Crippen LogP contribution in [0.15, 0.2) is 60.7 Å². The molecular weight excluding hydrogens is 392 g/mol. The summed E-state index contributed by atoms with van der Waals surface area (Å²) in [5, 5.41) is 0. The van der Waals surface area contributed by atoms with Crippen molar-refractivity contribution in [2.45, 2.75) is 19.4 Å². The van der Waals surface area contributed by atoms with E-state index in [-0.39, 0.29) is 24.9 Å². The molecule has 166 valence electrons. The molecule has 0 aliphatic carbocycles. The summed E-state index contributed by atoms with van der Waals surface area (Å²) >= 11 is 0. The van der Waals surface area contributed by atoms with E-state index in [2.05, 4.69) is 4.90 Å². The number of carbonyl (C=O) groups excluding carboxylic acids is 2. The monoisotopic (exact) mass is 424 g/mol. The fourth-order valence-electron chi connectivity index (χ4n) is 3.59. The Kier molecular flexibility index (Phi) is 9.06. The molecule has 6 nitrogen and oxygen atoms in total. The quantitative estimate of drug-likeness (QED) is 0.549. The first-order valence-electron chi connectivity index (χ1n) is 10.9. The molecular formula is C25H32N2O4. The smallest absolute Gasteiger partial charge is 0.310 e. The predicted octanol–water partition coefficient (Wildman–Crippen LogP) is 2.77. The van der Waals surface area contributed by atoms with Crippen LogP contribution in [0.1, 0.15) is 17.5 Å². The largest absolute Gasteiger partial charge is 0.461 e. The molecule has 1 aliphatic heterocycles. The average molecular weight is 425 g/mol. The molecule has 31 heavy (non-hydrogen) atoms. The average Bonchev–Trinajstić information content (AvgIpc) is 2.82. The van der Waals surface area contributed by atoms with E-state index in [0.29, 0.717) is 13.0 Å². The first-order chi connectivity index (χ1) is 15.1. The Morgan fingerprint density at radius 2 is 1.61 bits per heavy atom. The molecule has 0 N–H and O–H groups in total. The first-order valence-corrected chi connectivity index (χ1v) is 10.9. The normalized spacial score (nSPS) is 15.3. The van der Waals surface area contributed by atoms with Crippen LogP contribution in [-0.4, -0.2) is 68.1 Å². The summed E-state index contributed by atoms with van der Waals surface area (Å²) in [6.07, 6.45) is 0.625. The Labute approximate surface area is 184 Å². The van der Waals surface area contributed by atoms with Crippen LogP contribution >= 0.6 is 0 Å². The molecule has 1 saturated heterocycles. The van der Waals surface area contributed by atoms with Crippen molar-refractivity contribution in [1.29, 1.82) is 0 Å². The maximum atomic E-state index is 12.9. The van der Waals surface area contributed by atoms with Crippen molar-refractivity contribution < 1.29 is 19.1 Å². The fraction of sp³-hybridized carbons (Fsp3) is 0.440. The van der Waals surface area contributed by atoms with Gasteiger partial charge in [0.1, 0.15) is 6.61 Å². The van der Waals surface area contributed by atoms with Gasteiger partial charge in [-0.1, -0.05) is 60.7 Å². The number of hydrogen-bond acceptors (Lipinski definition) is 5. The van der Waals surface area contributed by atoms with Gasteiger partial charge in [0.15, 0.2) is 0 Å². The lowest BCUT2D eigenvalue weighted by Gasteiger charge is -2.29. The molecule has 2 aromatic rings. The Balaban J connectivity index is 1.56. The summed E-state index contributed by atoms with van der Waals surface area (Å²) < 4.78 is 10.9. The van der Waals surface area contributed by atoms with Crippen LogP contribution in [0, 0.1) is 5.92 Å². The maximum absolute atomic E-state index is 12.9. The second-order valence-corrected chi connectivity index (χ2v) is 7.95. The summed E-state index contributed by atoms with van der Waals surface area (Å²) in [5.74, 6) is -0.877. The third-order valence-corrected chi connectivity index (χ3v) is 5.58. The molecule has 0 bridgehead atoms. The van der Waals surface area contributed by atoms with Crippen molar-refractivity contribution in [1.82, 2.24) is 9.80 Å². The van der Waals surface area contributed by atoms with Crippen LogP contribution in [-0.2, 0) is 32.1 Å². The fourth-order valence-corrected chi connectivity index (χ4v) is 3.59. The minimum atomic E-state index is -0.510. The van der Waals surface area contributed by atoms with E-state index < -0.39 is 5.92 Å². The molecule has 1 amide bonds. The lowest BCUT2D eigenvalue weighted by atomic mass is 9.95. The number of amides is 1. The molecule has 1 unspecified atom stereocenters. The standard InChI is InChI=1S/C25H32N2O4/c1-26(12-13-27-14-16-30-17-15-27)24(28)19-23(18-21-8-4-2-5-9-21)25(29)31-20-22-10-6-3-7-11-22/h2-11,23H,12-20H2,1H3. The molecule has 0 saturated carbocycles. The molecule has 1 heterocycles. The van der Waals surface area contributed by atoms with Gasteiger partial charge in [-0.05, 0) is 17.5 Å². The van der Waals surface area contributed by atoms with Crippen molar-refractivity contribution in [3.8, 4) is 0 Å². The van der Waals surface area contributed by atoms with Gasteiger partial charge in [0.2, 0.25) is 5.91 Å². The maximum Gasteiger partial charge on any atom is 0.310 e. The summed E-state index contributed by atoms with van der Waals surface area (Å²) in [5.41, 5.74) is 1.95. The summed E-state index contributed by atoms with van der Waals surface area (Å²) in [6.45, 7) is 4.93. The van der Waals surface area contributed by atoms with E-state index >= 15 is 0 Å². The Morgan fingerprint density at radius 1 is 1.00 bits per heavy atom. The molecule has 1 fully saturated rings. The van der Waals surface area contributed by atoms with Gasteiger partial charge >= 0.3 is 5.97 Å². The first kappa shape index (κ1) is 23.0. The molecule has 0 spiro atoms. The highest BCUT2D eigenvalue weighted by atomic mass is 16.5. The number of rotatable bonds is 10. The lowest BCUT2D eigenvalue weighted by molar-refractivity contribution is -0.152. The Morgan fingerprint density at radius 3 is 2.26 bits per heavy atom. The zero-order chi connectivity index (χ0) is 21.9. The van der Waals surface area contributed by atoms with Crippen molar-refractivity contribution in [2.75, 3.05) is 46.4 Å². The molecule has 0 aromatic heterocycles. The predicted molar refractivity (Wildman–Crippen MR) is 119 cm³/mol. The van der Waals surface area contributed by atoms with Gasteiger partial charge < -0.3 is 14.4 Å². The number of morpholine rings is 1. The number of ether oxygens (including phenoxy) is 2. The minimum Gasteiger partial charge on any atom is -0.461 e.